The van der Waals surface area contributed by atoms with E-state index in [4.69, 9.17) is 0 Å². The Kier molecular flexibility index (Phi) is 4.01. The van der Waals surface area contributed by atoms with Crippen LogP contribution in [0.25, 0.3) is 55.0 Å². The number of fused-ring (bicyclic) bond motifs is 7. The van der Waals surface area contributed by atoms with E-state index in [2.05, 4.69) is 132 Å². The molecule has 7 aromatic rings. The van der Waals surface area contributed by atoms with Crippen LogP contribution in [0.2, 0.25) is 0 Å². The SMILES string of the molecule is Cc1ccc2c(c1)c1ccc3c(c4ccc(C)cc4n3-c3ccccc3)c1n2-c1ccccc1. The number of aromatic nitrogens is 2. The van der Waals surface area contributed by atoms with Crippen LogP contribution in [-0.4, -0.2) is 9.13 Å². The predicted molar refractivity (Wildman–Crippen MR) is 145 cm³/mol. The molecule has 0 aliphatic heterocycles. The number of hydrogen-bond donors (Lipinski definition) is 0. The number of benzene rings is 5. The normalized spacial score (nSPS) is 11.8. The van der Waals surface area contributed by atoms with Crippen molar-refractivity contribution in [3.05, 3.63) is 120 Å². The molecule has 0 spiro atoms. The Hall–Kier alpha value is -4.30. The van der Waals surface area contributed by atoms with Gasteiger partial charge in [-0.05, 0) is 67.9 Å². The van der Waals surface area contributed by atoms with Gasteiger partial charge in [-0.15, -0.1) is 0 Å². The second kappa shape index (κ2) is 7.10. The van der Waals surface area contributed by atoms with Crippen molar-refractivity contribution in [2.24, 2.45) is 0 Å². The van der Waals surface area contributed by atoms with Gasteiger partial charge in [-0.1, -0.05) is 66.2 Å². The molecule has 0 amide bonds. The van der Waals surface area contributed by atoms with Gasteiger partial charge in [0.1, 0.15) is 0 Å². The van der Waals surface area contributed by atoms with E-state index in [0.717, 1.165) is 0 Å². The lowest BCUT2D eigenvalue weighted by molar-refractivity contribution is 1.17. The average Bonchev–Trinajstić information content (AvgIpc) is 3.37. The van der Waals surface area contributed by atoms with Crippen molar-refractivity contribution in [1.29, 1.82) is 0 Å². The maximum atomic E-state index is 2.45. The molecule has 0 fully saturated rings. The molecule has 34 heavy (non-hydrogen) atoms. The van der Waals surface area contributed by atoms with Crippen LogP contribution in [0.4, 0.5) is 0 Å². The standard InChI is InChI=1S/C32H24N2/c1-21-14-17-28-27(19-21)25-16-18-29-31(32(25)34(28)24-11-7-4-8-12-24)26-15-13-22(2)20-30(26)33(29)23-9-5-3-6-10-23/h3-20H,1-2H3. The van der Waals surface area contributed by atoms with E-state index in [-0.39, 0.29) is 0 Å². The minimum Gasteiger partial charge on any atom is -0.309 e. The van der Waals surface area contributed by atoms with E-state index >= 15 is 0 Å². The first-order valence-corrected chi connectivity index (χ1v) is 11.8. The van der Waals surface area contributed by atoms with E-state index in [1.807, 2.05) is 0 Å². The van der Waals surface area contributed by atoms with Crippen molar-refractivity contribution in [2.75, 3.05) is 0 Å². The third-order valence-electron chi connectivity index (χ3n) is 7.00. The van der Waals surface area contributed by atoms with Crippen LogP contribution in [0, 0.1) is 13.8 Å². The Labute approximate surface area is 198 Å². The van der Waals surface area contributed by atoms with Gasteiger partial charge in [0.2, 0.25) is 0 Å². The Morgan fingerprint density at radius 2 is 1.03 bits per heavy atom. The summed E-state index contributed by atoms with van der Waals surface area (Å²) in [4.78, 5) is 0. The third kappa shape index (κ3) is 2.63. The first-order chi connectivity index (χ1) is 16.7. The van der Waals surface area contributed by atoms with Gasteiger partial charge in [0.15, 0.2) is 0 Å². The van der Waals surface area contributed by atoms with Crippen molar-refractivity contribution in [1.82, 2.24) is 9.13 Å². The summed E-state index contributed by atoms with van der Waals surface area (Å²) in [5, 5.41) is 5.18. The summed E-state index contributed by atoms with van der Waals surface area (Å²) in [7, 11) is 0. The quantitative estimate of drug-likeness (QED) is 0.257. The molecule has 162 valence electrons. The molecule has 0 N–H and O–H groups in total. The number of aryl methyl sites for hydroxylation is 2. The second-order valence-electron chi connectivity index (χ2n) is 9.24. The summed E-state index contributed by atoms with van der Waals surface area (Å²) in [6.07, 6.45) is 0. The lowest BCUT2D eigenvalue weighted by atomic mass is 10.1. The molecule has 2 heteroatoms. The van der Waals surface area contributed by atoms with Gasteiger partial charge in [0.05, 0.1) is 22.1 Å². The number of hydrogen-bond acceptors (Lipinski definition) is 0. The van der Waals surface area contributed by atoms with Crippen LogP contribution >= 0.6 is 0 Å². The minimum atomic E-state index is 1.19. The van der Waals surface area contributed by atoms with E-state index in [9.17, 15) is 0 Å². The van der Waals surface area contributed by atoms with Gasteiger partial charge in [0.25, 0.3) is 0 Å². The van der Waals surface area contributed by atoms with Crippen molar-refractivity contribution in [3.8, 4) is 11.4 Å². The third-order valence-corrected chi connectivity index (χ3v) is 7.00. The zero-order chi connectivity index (χ0) is 22.8. The van der Waals surface area contributed by atoms with Crippen molar-refractivity contribution in [3.63, 3.8) is 0 Å². The summed E-state index contributed by atoms with van der Waals surface area (Å²) < 4.78 is 4.86. The molecule has 0 saturated heterocycles. The van der Waals surface area contributed by atoms with Crippen molar-refractivity contribution < 1.29 is 0 Å². The van der Waals surface area contributed by atoms with Gasteiger partial charge in [0, 0.05) is 32.9 Å². The Morgan fingerprint density at radius 3 is 1.76 bits per heavy atom. The van der Waals surface area contributed by atoms with E-state index in [1.54, 1.807) is 0 Å². The zero-order valence-corrected chi connectivity index (χ0v) is 19.3. The summed E-state index contributed by atoms with van der Waals surface area (Å²) in [5.74, 6) is 0. The van der Waals surface area contributed by atoms with E-state index in [1.165, 1.54) is 66.1 Å². The van der Waals surface area contributed by atoms with Crippen LogP contribution in [0.5, 0.6) is 0 Å². The second-order valence-corrected chi connectivity index (χ2v) is 9.24. The number of nitrogens with zero attached hydrogens (tertiary/aromatic N) is 2. The fourth-order valence-corrected chi connectivity index (χ4v) is 5.53. The summed E-state index contributed by atoms with van der Waals surface area (Å²) in [5.41, 5.74) is 9.91. The first-order valence-electron chi connectivity index (χ1n) is 11.8. The van der Waals surface area contributed by atoms with Gasteiger partial charge in [-0.25, -0.2) is 0 Å². The van der Waals surface area contributed by atoms with Crippen LogP contribution < -0.4 is 0 Å². The van der Waals surface area contributed by atoms with Gasteiger partial charge in [-0.2, -0.15) is 0 Å². The summed E-state index contributed by atoms with van der Waals surface area (Å²) in [6, 6.07) is 39.7. The molecule has 2 heterocycles. The first kappa shape index (κ1) is 19.2. The highest BCUT2D eigenvalue weighted by Gasteiger charge is 2.20. The van der Waals surface area contributed by atoms with Gasteiger partial charge < -0.3 is 9.13 Å². The Balaban J connectivity index is 1.77. The Morgan fingerprint density at radius 1 is 0.441 bits per heavy atom. The average molecular weight is 437 g/mol. The van der Waals surface area contributed by atoms with E-state index in [0.29, 0.717) is 0 Å². The molecule has 2 aromatic heterocycles. The van der Waals surface area contributed by atoms with Crippen LogP contribution in [0.1, 0.15) is 11.1 Å². The number of para-hydroxylation sites is 2. The van der Waals surface area contributed by atoms with Crippen molar-refractivity contribution in [2.45, 2.75) is 13.8 Å². The molecule has 0 saturated carbocycles. The summed E-state index contributed by atoms with van der Waals surface area (Å²) in [6.45, 7) is 4.35. The molecule has 7 rings (SSSR count). The number of rotatable bonds is 2. The molecule has 0 aliphatic carbocycles. The molecule has 2 nitrogen and oxygen atoms in total. The Bertz CT molecular complexity index is 1850. The van der Waals surface area contributed by atoms with Crippen molar-refractivity contribution >= 4 is 43.6 Å². The highest BCUT2D eigenvalue weighted by atomic mass is 15.0. The molecule has 0 aliphatic rings. The lowest BCUT2D eigenvalue weighted by Gasteiger charge is -2.10. The molecule has 0 unspecified atom stereocenters. The molecule has 0 radical (unpaired) electrons. The topological polar surface area (TPSA) is 9.86 Å². The largest absolute Gasteiger partial charge is 0.309 e. The van der Waals surface area contributed by atoms with E-state index < -0.39 is 0 Å². The molecular weight excluding hydrogens is 412 g/mol. The lowest BCUT2D eigenvalue weighted by Crippen LogP contribution is -1.95. The molecule has 0 bridgehead atoms. The van der Waals surface area contributed by atoms with Crippen LogP contribution in [0.15, 0.2) is 109 Å². The smallest absolute Gasteiger partial charge is 0.0641 e. The fourth-order valence-electron chi connectivity index (χ4n) is 5.53. The maximum absolute atomic E-state index is 2.45. The predicted octanol–water partition coefficient (Wildman–Crippen LogP) is 8.50. The zero-order valence-electron chi connectivity index (χ0n) is 19.3. The molecule has 0 atom stereocenters. The molecule has 5 aromatic carbocycles. The minimum absolute atomic E-state index is 1.19. The van der Waals surface area contributed by atoms with Crippen LogP contribution in [-0.2, 0) is 0 Å². The van der Waals surface area contributed by atoms with Gasteiger partial charge >= 0.3 is 0 Å². The van der Waals surface area contributed by atoms with Gasteiger partial charge in [-0.3, -0.25) is 0 Å². The highest BCUT2D eigenvalue weighted by Crippen LogP contribution is 2.42. The van der Waals surface area contributed by atoms with Crippen LogP contribution in [0.3, 0.4) is 0 Å². The monoisotopic (exact) mass is 436 g/mol. The highest BCUT2D eigenvalue weighted by molar-refractivity contribution is 6.26. The summed E-state index contributed by atoms with van der Waals surface area (Å²) >= 11 is 0. The molecular formula is C32H24N2. The maximum Gasteiger partial charge on any atom is 0.0641 e. The fraction of sp³-hybridized carbons (Fsp3) is 0.0625.